The second kappa shape index (κ2) is 6.42. The molecule has 1 unspecified atom stereocenters. The van der Waals surface area contributed by atoms with Gasteiger partial charge in [-0.3, -0.25) is 0 Å². The van der Waals surface area contributed by atoms with Gasteiger partial charge >= 0.3 is 5.97 Å². The van der Waals surface area contributed by atoms with Crippen LogP contribution >= 0.6 is 15.9 Å². The molecule has 1 atom stereocenters. The molecule has 0 aromatic heterocycles. The maximum absolute atomic E-state index is 11.5. The van der Waals surface area contributed by atoms with Crippen LogP contribution < -0.4 is 5.32 Å². The van der Waals surface area contributed by atoms with Crippen LogP contribution in [0.3, 0.4) is 0 Å². The van der Waals surface area contributed by atoms with E-state index in [0.717, 1.165) is 41.8 Å². The Bertz CT molecular complexity index is 442. The summed E-state index contributed by atoms with van der Waals surface area (Å²) in [5, 5.41) is 12.6. The largest absolute Gasteiger partial charge is 0.480 e. The molecule has 104 valence electrons. The Morgan fingerprint density at radius 1 is 1.37 bits per heavy atom. The summed E-state index contributed by atoms with van der Waals surface area (Å²) in [7, 11) is 0. The van der Waals surface area contributed by atoms with Crippen molar-refractivity contribution in [1.29, 1.82) is 0 Å². The van der Waals surface area contributed by atoms with Crippen molar-refractivity contribution in [3.63, 3.8) is 0 Å². The maximum Gasteiger partial charge on any atom is 0.326 e. The van der Waals surface area contributed by atoms with Gasteiger partial charge in [-0.1, -0.05) is 41.8 Å². The summed E-state index contributed by atoms with van der Waals surface area (Å²) in [4.78, 5) is 11.5. The Balaban J connectivity index is 2.06. The van der Waals surface area contributed by atoms with Crippen molar-refractivity contribution in [3.8, 4) is 0 Å². The lowest BCUT2D eigenvalue weighted by Gasteiger charge is -2.31. The summed E-state index contributed by atoms with van der Waals surface area (Å²) in [5.41, 5.74) is 0.861. The van der Waals surface area contributed by atoms with E-state index in [4.69, 9.17) is 0 Å². The number of halogens is 1. The minimum Gasteiger partial charge on any atom is -0.480 e. The lowest BCUT2D eigenvalue weighted by molar-refractivity contribution is -0.139. The van der Waals surface area contributed by atoms with Crippen LogP contribution in [0.1, 0.15) is 32.6 Å². The molecule has 1 aliphatic rings. The number of anilines is 1. The van der Waals surface area contributed by atoms with Crippen molar-refractivity contribution in [2.45, 2.75) is 38.6 Å². The van der Waals surface area contributed by atoms with Crippen molar-refractivity contribution < 1.29 is 9.90 Å². The summed E-state index contributed by atoms with van der Waals surface area (Å²) in [6.07, 6.45) is 4.27. The Labute approximate surface area is 122 Å². The van der Waals surface area contributed by atoms with Crippen LogP contribution in [0.25, 0.3) is 0 Å². The molecule has 0 amide bonds. The number of hydrogen-bond donors (Lipinski definition) is 2. The molecule has 3 nitrogen and oxygen atoms in total. The number of carboxylic acids is 1. The Morgan fingerprint density at radius 2 is 2.05 bits per heavy atom. The molecule has 1 fully saturated rings. The van der Waals surface area contributed by atoms with Crippen LogP contribution in [0.2, 0.25) is 0 Å². The summed E-state index contributed by atoms with van der Waals surface area (Å²) >= 11 is 3.41. The van der Waals surface area contributed by atoms with Gasteiger partial charge in [0.05, 0.1) is 0 Å². The Kier molecular flexibility index (Phi) is 4.86. The molecule has 4 heteroatoms. The van der Waals surface area contributed by atoms with Gasteiger partial charge in [0.1, 0.15) is 6.04 Å². The number of aliphatic carboxylic acids is 1. The van der Waals surface area contributed by atoms with E-state index >= 15 is 0 Å². The molecule has 2 N–H and O–H groups in total. The van der Waals surface area contributed by atoms with Gasteiger partial charge in [0.25, 0.3) is 0 Å². The first-order valence-corrected chi connectivity index (χ1v) is 7.60. The average Bonchev–Trinajstić information content (AvgIpc) is 2.37. The molecule has 0 bridgehead atoms. The molecule has 1 aromatic carbocycles. The maximum atomic E-state index is 11.5. The fraction of sp³-hybridized carbons (Fsp3) is 0.533. The molecule has 1 aliphatic carbocycles. The first-order valence-electron chi connectivity index (χ1n) is 6.81. The predicted molar refractivity (Wildman–Crippen MR) is 80.3 cm³/mol. The van der Waals surface area contributed by atoms with Crippen molar-refractivity contribution in [2.24, 2.45) is 11.8 Å². The molecule has 0 saturated heterocycles. The topological polar surface area (TPSA) is 49.3 Å². The molecule has 0 aliphatic heterocycles. The van der Waals surface area contributed by atoms with E-state index in [1.165, 1.54) is 0 Å². The number of carbonyl (C=O) groups is 1. The fourth-order valence-corrected chi connectivity index (χ4v) is 3.16. The second-order valence-electron chi connectivity index (χ2n) is 5.49. The van der Waals surface area contributed by atoms with E-state index in [1.54, 1.807) is 0 Å². The number of hydrogen-bond acceptors (Lipinski definition) is 2. The first-order chi connectivity index (χ1) is 9.06. The van der Waals surface area contributed by atoms with Gasteiger partial charge in [0.2, 0.25) is 0 Å². The summed E-state index contributed by atoms with van der Waals surface area (Å²) in [6.45, 7) is 2.24. The third-order valence-electron chi connectivity index (χ3n) is 3.94. The number of benzene rings is 1. The molecule has 0 spiro atoms. The quantitative estimate of drug-likeness (QED) is 0.874. The van der Waals surface area contributed by atoms with E-state index in [9.17, 15) is 9.90 Å². The van der Waals surface area contributed by atoms with Crippen LogP contribution in [0.15, 0.2) is 28.7 Å². The molecule has 0 heterocycles. The molecular weight excluding hydrogens is 306 g/mol. The standard InChI is InChI=1S/C15H20BrNO2/c1-10-5-7-11(8-6-10)14(15(18)19)17-13-4-2-3-12(16)9-13/h2-4,9-11,14,17H,5-8H2,1H3,(H,18,19). The van der Waals surface area contributed by atoms with E-state index in [-0.39, 0.29) is 5.92 Å². The van der Waals surface area contributed by atoms with Crippen molar-refractivity contribution in [2.75, 3.05) is 5.32 Å². The highest BCUT2D eigenvalue weighted by molar-refractivity contribution is 9.10. The minimum atomic E-state index is -0.750. The van der Waals surface area contributed by atoms with Crippen LogP contribution in [-0.4, -0.2) is 17.1 Å². The van der Waals surface area contributed by atoms with Gasteiger partial charge in [0, 0.05) is 10.2 Å². The van der Waals surface area contributed by atoms with Gasteiger partial charge in [-0.15, -0.1) is 0 Å². The van der Waals surface area contributed by atoms with Gasteiger partial charge in [0.15, 0.2) is 0 Å². The Morgan fingerprint density at radius 3 is 2.63 bits per heavy atom. The lowest BCUT2D eigenvalue weighted by atomic mass is 9.79. The Hall–Kier alpha value is -1.03. The highest BCUT2D eigenvalue weighted by atomic mass is 79.9. The highest BCUT2D eigenvalue weighted by Gasteiger charge is 2.30. The third kappa shape index (κ3) is 3.96. The molecular formula is C15H20BrNO2. The van der Waals surface area contributed by atoms with Crippen LogP contribution in [-0.2, 0) is 4.79 Å². The average molecular weight is 326 g/mol. The van der Waals surface area contributed by atoms with Gasteiger partial charge in [-0.2, -0.15) is 0 Å². The van der Waals surface area contributed by atoms with Crippen molar-refractivity contribution in [1.82, 2.24) is 0 Å². The first kappa shape index (κ1) is 14.4. The van der Waals surface area contributed by atoms with E-state index < -0.39 is 12.0 Å². The van der Waals surface area contributed by atoms with Gasteiger partial charge < -0.3 is 10.4 Å². The smallest absolute Gasteiger partial charge is 0.326 e. The highest BCUT2D eigenvalue weighted by Crippen LogP contribution is 2.32. The van der Waals surface area contributed by atoms with Crippen LogP contribution in [0.5, 0.6) is 0 Å². The minimum absolute atomic E-state index is 0.229. The molecule has 0 radical (unpaired) electrons. The molecule has 2 rings (SSSR count). The zero-order valence-electron chi connectivity index (χ0n) is 11.1. The van der Waals surface area contributed by atoms with E-state index in [0.29, 0.717) is 0 Å². The third-order valence-corrected chi connectivity index (χ3v) is 4.44. The monoisotopic (exact) mass is 325 g/mol. The van der Waals surface area contributed by atoms with Crippen molar-refractivity contribution in [3.05, 3.63) is 28.7 Å². The number of carboxylic acid groups (broad SMARTS) is 1. The SMILES string of the molecule is CC1CCC(C(Nc2cccc(Br)c2)C(=O)O)CC1. The van der Waals surface area contributed by atoms with Gasteiger partial charge in [-0.05, 0) is 42.9 Å². The predicted octanol–water partition coefficient (Wildman–Crippen LogP) is 4.14. The summed E-state index contributed by atoms with van der Waals surface area (Å²) in [6, 6.07) is 7.19. The van der Waals surface area contributed by atoms with Gasteiger partial charge in [-0.25, -0.2) is 4.79 Å². The van der Waals surface area contributed by atoms with E-state index in [2.05, 4.69) is 28.2 Å². The number of nitrogens with one attached hydrogen (secondary N) is 1. The number of rotatable bonds is 4. The summed E-state index contributed by atoms with van der Waals surface area (Å²) < 4.78 is 0.957. The molecule has 1 aromatic rings. The van der Waals surface area contributed by atoms with E-state index in [1.807, 2.05) is 24.3 Å². The summed E-state index contributed by atoms with van der Waals surface area (Å²) in [5.74, 6) is 0.212. The molecule has 19 heavy (non-hydrogen) atoms. The normalized spacial score (nSPS) is 24.7. The second-order valence-corrected chi connectivity index (χ2v) is 6.41. The zero-order valence-corrected chi connectivity index (χ0v) is 12.7. The van der Waals surface area contributed by atoms with Crippen LogP contribution in [0.4, 0.5) is 5.69 Å². The zero-order chi connectivity index (χ0) is 13.8. The fourth-order valence-electron chi connectivity index (χ4n) is 2.76. The van der Waals surface area contributed by atoms with Crippen molar-refractivity contribution >= 4 is 27.6 Å². The van der Waals surface area contributed by atoms with Crippen LogP contribution in [0, 0.1) is 11.8 Å². The lowest BCUT2D eigenvalue weighted by Crippen LogP contribution is -2.38. The molecule has 1 saturated carbocycles.